The van der Waals surface area contributed by atoms with Crippen LogP contribution in [0.2, 0.25) is 0 Å². The second kappa shape index (κ2) is 5.24. The van der Waals surface area contributed by atoms with Crippen molar-refractivity contribution in [2.45, 2.75) is 51.8 Å². The van der Waals surface area contributed by atoms with Gasteiger partial charge >= 0.3 is 0 Å². The topological polar surface area (TPSA) is 27.7 Å². The van der Waals surface area contributed by atoms with Gasteiger partial charge in [0.05, 0.1) is 12.7 Å². The van der Waals surface area contributed by atoms with Crippen LogP contribution in [0, 0.1) is 5.41 Å². The zero-order valence-corrected chi connectivity index (χ0v) is 13.3. The monoisotopic (exact) mass is 288 g/mol. The van der Waals surface area contributed by atoms with Gasteiger partial charge in [-0.1, -0.05) is 44.2 Å². The predicted octanol–water partition coefficient (Wildman–Crippen LogP) is 3.69. The Kier molecular flexibility index (Phi) is 3.68. The highest BCUT2D eigenvalue weighted by Crippen LogP contribution is 2.52. The van der Waals surface area contributed by atoms with Gasteiger partial charge < -0.3 is 14.2 Å². The molecule has 114 valence electrons. The molecule has 0 amide bonds. The highest BCUT2D eigenvalue weighted by molar-refractivity contribution is 5.25. The van der Waals surface area contributed by atoms with Crippen molar-refractivity contribution in [3.8, 4) is 0 Å². The van der Waals surface area contributed by atoms with Crippen LogP contribution < -0.4 is 0 Å². The van der Waals surface area contributed by atoms with E-state index < -0.39 is 5.79 Å². The van der Waals surface area contributed by atoms with Gasteiger partial charge in [-0.3, -0.25) is 0 Å². The molecule has 3 atom stereocenters. The van der Waals surface area contributed by atoms with Gasteiger partial charge in [0.15, 0.2) is 5.79 Å². The first-order valence-electron chi connectivity index (χ1n) is 7.54. The molecule has 1 fully saturated rings. The van der Waals surface area contributed by atoms with E-state index in [0.29, 0.717) is 6.61 Å². The van der Waals surface area contributed by atoms with E-state index in [1.807, 2.05) is 18.2 Å². The van der Waals surface area contributed by atoms with Crippen molar-refractivity contribution in [2.24, 2.45) is 5.41 Å². The Morgan fingerprint density at radius 3 is 2.62 bits per heavy atom. The third-order valence-corrected chi connectivity index (χ3v) is 4.70. The van der Waals surface area contributed by atoms with Crippen molar-refractivity contribution in [3.63, 3.8) is 0 Å². The Hall–Kier alpha value is -1.16. The molecule has 2 aliphatic rings. The Morgan fingerprint density at radius 1 is 1.24 bits per heavy atom. The van der Waals surface area contributed by atoms with Crippen molar-refractivity contribution >= 4 is 0 Å². The summed E-state index contributed by atoms with van der Waals surface area (Å²) in [5.74, 6) is -0.555. The van der Waals surface area contributed by atoms with E-state index in [0.717, 1.165) is 12.0 Å². The molecule has 1 aromatic carbocycles. The molecular formula is C18H24O3. The second-order valence-corrected chi connectivity index (χ2v) is 6.77. The Bertz CT molecular complexity index is 535. The fourth-order valence-electron chi connectivity index (χ4n) is 3.50. The van der Waals surface area contributed by atoms with Gasteiger partial charge in [0.2, 0.25) is 0 Å². The number of methoxy groups -OCH3 is 1. The molecule has 0 spiro atoms. The van der Waals surface area contributed by atoms with Gasteiger partial charge in [-0.25, -0.2) is 0 Å². The van der Waals surface area contributed by atoms with E-state index in [1.54, 1.807) is 7.11 Å². The van der Waals surface area contributed by atoms with Crippen molar-refractivity contribution in [2.75, 3.05) is 7.11 Å². The Morgan fingerprint density at radius 2 is 1.95 bits per heavy atom. The molecule has 0 saturated carbocycles. The number of fused-ring (bicyclic) bond motifs is 2. The van der Waals surface area contributed by atoms with Crippen LogP contribution in [0.15, 0.2) is 42.0 Å². The minimum Gasteiger partial charge on any atom is -0.367 e. The summed E-state index contributed by atoms with van der Waals surface area (Å²) < 4.78 is 18.1. The minimum atomic E-state index is -0.555. The van der Waals surface area contributed by atoms with Crippen LogP contribution in [0.1, 0.15) is 32.8 Å². The molecule has 3 unspecified atom stereocenters. The first kappa shape index (κ1) is 14.8. The molecule has 2 aliphatic heterocycles. The largest absolute Gasteiger partial charge is 0.367 e. The van der Waals surface area contributed by atoms with Gasteiger partial charge in [0, 0.05) is 13.5 Å². The van der Waals surface area contributed by atoms with Crippen LogP contribution in [0.25, 0.3) is 0 Å². The highest BCUT2D eigenvalue weighted by Gasteiger charge is 2.57. The van der Waals surface area contributed by atoms with Crippen molar-refractivity contribution < 1.29 is 14.2 Å². The number of rotatable bonds is 4. The second-order valence-electron chi connectivity index (χ2n) is 6.77. The standard InChI is InChI=1S/C18H24O3/c1-13-10-15(20-11-14-8-6-5-7-9-14)16-17(2,3)12-18(13,19-4)21-16/h5-10,15-16H,11-12H2,1-4H3. The molecule has 3 rings (SSSR count). The van der Waals surface area contributed by atoms with Crippen LogP contribution in [0.5, 0.6) is 0 Å². The summed E-state index contributed by atoms with van der Waals surface area (Å²) in [6.45, 7) is 7.12. The zero-order chi connectivity index (χ0) is 15.1. The summed E-state index contributed by atoms with van der Waals surface area (Å²) in [7, 11) is 1.72. The zero-order valence-electron chi connectivity index (χ0n) is 13.3. The lowest BCUT2D eigenvalue weighted by Crippen LogP contribution is -2.43. The van der Waals surface area contributed by atoms with E-state index in [2.05, 4.69) is 39.0 Å². The molecular weight excluding hydrogens is 264 g/mol. The molecule has 0 aliphatic carbocycles. The molecule has 21 heavy (non-hydrogen) atoms. The minimum absolute atomic E-state index is 0.0222. The fourth-order valence-corrected chi connectivity index (χ4v) is 3.50. The molecule has 2 bridgehead atoms. The van der Waals surface area contributed by atoms with E-state index in [9.17, 15) is 0 Å². The molecule has 1 aromatic rings. The van der Waals surface area contributed by atoms with Crippen molar-refractivity contribution in [1.29, 1.82) is 0 Å². The normalized spacial score (nSPS) is 33.8. The summed E-state index contributed by atoms with van der Waals surface area (Å²) in [4.78, 5) is 0. The molecule has 1 saturated heterocycles. The van der Waals surface area contributed by atoms with Crippen LogP contribution in [-0.2, 0) is 20.8 Å². The van der Waals surface area contributed by atoms with E-state index in [-0.39, 0.29) is 17.6 Å². The quantitative estimate of drug-likeness (QED) is 0.791. The molecule has 2 heterocycles. The first-order chi connectivity index (χ1) is 9.97. The van der Waals surface area contributed by atoms with Crippen LogP contribution in [0.4, 0.5) is 0 Å². The lowest BCUT2D eigenvalue weighted by molar-refractivity contribution is -0.214. The van der Waals surface area contributed by atoms with Crippen molar-refractivity contribution in [3.05, 3.63) is 47.5 Å². The SMILES string of the molecule is COC12CC(C)(C)C(O1)C(OCc1ccccc1)C=C2C. The average molecular weight is 288 g/mol. The van der Waals surface area contributed by atoms with Gasteiger partial charge in [-0.05, 0) is 29.6 Å². The predicted molar refractivity (Wildman–Crippen MR) is 81.8 cm³/mol. The van der Waals surface area contributed by atoms with Gasteiger partial charge in [-0.15, -0.1) is 0 Å². The van der Waals surface area contributed by atoms with Gasteiger partial charge in [0.25, 0.3) is 0 Å². The van der Waals surface area contributed by atoms with Crippen LogP contribution >= 0.6 is 0 Å². The van der Waals surface area contributed by atoms with E-state index in [1.165, 1.54) is 5.56 Å². The van der Waals surface area contributed by atoms with Crippen LogP contribution in [0.3, 0.4) is 0 Å². The average Bonchev–Trinajstić information content (AvgIpc) is 2.73. The highest BCUT2D eigenvalue weighted by atomic mass is 16.7. The lowest BCUT2D eigenvalue weighted by Gasteiger charge is -2.36. The van der Waals surface area contributed by atoms with Crippen molar-refractivity contribution in [1.82, 2.24) is 0 Å². The maximum atomic E-state index is 6.25. The van der Waals surface area contributed by atoms with Gasteiger partial charge in [-0.2, -0.15) is 0 Å². The number of ether oxygens (including phenoxy) is 3. The van der Waals surface area contributed by atoms with Crippen LogP contribution in [-0.4, -0.2) is 25.1 Å². The van der Waals surface area contributed by atoms with E-state index in [4.69, 9.17) is 14.2 Å². The number of hydrogen-bond acceptors (Lipinski definition) is 3. The summed E-state index contributed by atoms with van der Waals surface area (Å²) >= 11 is 0. The molecule has 3 heteroatoms. The Labute approximate surface area is 126 Å². The third kappa shape index (κ3) is 2.54. The molecule has 3 nitrogen and oxygen atoms in total. The summed E-state index contributed by atoms with van der Waals surface area (Å²) in [6.07, 6.45) is 3.06. The number of benzene rings is 1. The number of hydrogen-bond donors (Lipinski definition) is 0. The molecule has 0 radical (unpaired) electrons. The lowest BCUT2D eigenvalue weighted by atomic mass is 9.82. The fraction of sp³-hybridized carbons (Fsp3) is 0.556. The third-order valence-electron chi connectivity index (χ3n) is 4.70. The first-order valence-corrected chi connectivity index (χ1v) is 7.54. The summed E-state index contributed by atoms with van der Waals surface area (Å²) in [5, 5.41) is 0. The van der Waals surface area contributed by atoms with E-state index >= 15 is 0 Å². The maximum absolute atomic E-state index is 6.25. The van der Waals surface area contributed by atoms with Gasteiger partial charge in [0.1, 0.15) is 6.10 Å². The molecule has 0 aromatic heterocycles. The summed E-state index contributed by atoms with van der Waals surface area (Å²) in [5.41, 5.74) is 2.33. The summed E-state index contributed by atoms with van der Waals surface area (Å²) in [6, 6.07) is 10.3. The molecule has 0 N–H and O–H groups in total. The smallest absolute Gasteiger partial charge is 0.191 e. The Balaban J connectivity index is 1.79. The maximum Gasteiger partial charge on any atom is 0.191 e.